The van der Waals surface area contributed by atoms with E-state index in [1.54, 1.807) is 0 Å². The number of rotatable bonds is 7. The normalized spacial score (nSPS) is 14.9. The highest BCUT2D eigenvalue weighted by molar-refractivity contribution is 5.81. The summed E-state index contributed by atoms with van der Waals surface area (Å²) in [5, 5.41) is 0. The molecule has 1 aliphatic carbocycles. The maximum Gasteiger partial charge on any atom is 0.242 e. The van der Waals surface area contributed by atoms with Gasteiger partial charge < -0.3 is 14.2 Å². The lowest BCUT2D eigenvalue weighted by atomic mass is 10.2. The quantitative estimate of drug-likeness (QED) is 0.640. The number of aromatic nitrogens is 2. The lowest BCUT2D eigenvalue weighted by Gasteiger charge is -2.25. The molecule has 0 saturated heterocycles. The number of likely N-dealkylation sites (N-methyl/N-ethyl adjacent to an activating group) is 1. The molecule has 3 aromatic rings. The Morgan fingerprint density at radius 2 is 1.89 bits per heavy atom. The molecule has 4 rings (SSSR count). The molecule has 1 saturated carbocycles. The van der Waals surface area contributed by atoms with Gasteiger partial charge in [-0.3, -0.25) is 4.79 Å². The number of imidazole rings is 1. The molecule has 1 amide bonds. The molecule has 1 fully saturated rings. The van der Waals surface area contributed by atoms with Crippen LogP contribution >= 0.6 is 0 Å². The van der Waals surface area contributed by atoms with E-state index < -0.39 is 0 Å². The number of nitrogens with zero attached hydrogens (tertiary/aromatic N) is 3. The van der Waals surface area contributed by atoms with Crippen molar-refractivity contribution in [3.8, 4) is 5.75 Å². The molecule has 0 radical (unpaired) electrons. The summed E-state index contributed by atoms with van der Waals surface area (Å²) < 4.78 is 7.87. The smallest absolute Gasteiger partial charge is 0.242 e. The lowest BCUT2D eigenvalue weighted by Crippen LogP contribution is -2.38. The number of hydrogen-bond donors (Lipinski definition) is 0. The average molecular weight is 363 g/mol. The molecule has 0 spiro atoms. The van der Waals surface area contributed by atoms with Crippen LogP contribution < -0.4 is 4.74 Å². The Morgan fingerprint density at radius 3 is 2.63 bits per heavy atom. The zero-order valence-corrected chi connectivity index (χ0v) is 15.8. The zero-order chi connectivity index (χ0) is 18.8. The van der Waals surface area contributed by atoms with E-state index in [2.05, 4.69) is 6.92 Å². The number of carbonyl (C=O) groups excluding carboxylic acids is 1. The molecule has 2 aromatic carbocycles. The summed E-state index contributed by atoms with van der Waals surface area (Å²) in [5.74, 6) is 2.32. The van der Waals surface area contributed by atoms with Crippen LogP contribution in [0.1, 0.15) is 25.6 Å². The molecule has 1 atom stereocenters. The Hall–Kier alpha value is -2.82. The summed E-state index contributed by atoms with van der Waals surface area (Å²) in [4.78, 5) is 19.5. The molecular formula is C22H25N3O2. The summed E-state index contributed by atoms with van der Waals surface area (Å²) >= 11 is 0. The first-order valence-corrected chi connectivity index (χ1v) is 9.51. The van der Waals surface area contributed by atoms with Gasteiger partial charge >= 0.3 is 0 Å². The van der Waals surface area contributed by atoms with Crippen LogP contribution in [0.15, 0.2) is 54.6 Å². The van der Waals surface area contributed by atoms with Gasteiger partial charge in [0.2, 0.25) is 5.91 Å². The first-order chi connectivity index (χ1) is 13.1. The third-order valence-corrected chi connectivity index (χ3v) is 5.45. The molecule has 1 unspecified atom stereocenters. The standard InChI is InChI=1S/C22H25N3O2/c1-16(17-12-13-17)24(2)22(26)14-25-20-11-7-6-10-19(20)23-21(25)15-27-18-8-4-3-5-9-18/h3-11,16-17H,12-15H2,1-2H3. The largest absolute Gasteiger partial charge is 0.486 e. The third kappa shape index (κ3) is 3.82. The van der Waals surface area contributed by atoms with Crippen molar-refractivity contribution in [2.24, 2.45) is 5.92 Å². The molecule has 0 bridgehead atoms. The maximum atomic E-state index is 12.9. The van der Waals surface area contributed by atoms with Gasteiger partial charge in [-0.15, -0.1) is 0 Å². The summed E-state index contributed by atoms with van der Waals surface area (Å²) in [5.41, 5.74) is 1.85. The Morgan fingerprint density at radius 1 is 1.19 bits per heavy atom. The minimum Gasteiger partial charge on any atom is -0.486 e. The van der Waals surface area contributed by atoms with Crippen molar-refractivity contribution >= 4 is 16.9 Å². The van der Waals surface area contributed by atoms with Crippen LogP contribution in [0, 0.1) is 5.92 Å². The molecule has 1 aromatic heterocycles. The molecule has 27 heavy (non-hydrogen) atoms. The average Bonchev–Trinajstić information content (AvgIpc) is 3.49. The van der Waals surface area contributed by atoms with Crippen molar-refractivity contribution in [1.29, 1.82) is 0 Å². The van der Waals surface area contributed by atoms with Crippen LogP contribution in [0.5, 0.6) is 5.75 Å². The fourth-order valence-corrected chi connectivity index (χ4v) is 3.45. The molecule has 5 nitrogen and oxygen atoms in total. The summed E-state index contributed by atoms with van der Waals surface area (Å²) in [6.07, 6.45) is 2.45. The topological polar surface area (TPSA) is 47.4 Å². The predicted octanol–water partition coefficient (Wildman–Crippen LogP) is 3.87. The van der Waals surface area contributed by atoms with Gasteiger partial charge in [-0.05, 0) is 49.9 Å². The van der Waals surface area contributed by atoms with Gasteiger partial charge in [0.15, 0.2) is 0 Å². The van der Waals surface area contributed by atoms with E-state index in [9.17, 15) is 4.79 Å². The number of carbonyl (C=O) groups is 1. The van der Waals surface area contributed by atoms with Crippen LogP contribution in [-0.4, -0.2) is 33.4 Å². The first-order valence-electron chi connectivity index (χ1n) is 9.51. The Balaban J connectivity index is 1.57. The fourth-order valence-electron chi connectivity index (χ4n) is 3.45. The second-order valence-electron chi connectivity index (χ2n) is 7.29. The minimum absolute atomic E-state index is 0.110. The highest BCUT2D eigenvalue weighted by atomic mass is 16.5. The molecule has 0 N–H and O–H groups in total. The van der Waals surface area contributed by atoms with Gasteiger partial charge in [0.05, 0.1) is 11.0 Å². The number of benzene rings is 2. The van der Waals surface area contributed by atoms with Crippen LogP contribution in [-0.2, 0) is 17.9 Å². The van der Waals surface area contributed by atoms with Crippen LogP contribution in [0.25, 0.3) is 11.0 Å². The Kier molecular flexibility index (Phi) is 4.84. The van der Waals surface area contributed by atoms with Crippen molar-refractivity contribution in [2.45, 2.75) is 39.0 Å². The number of amides is 1. The van der Waals surface area contributed by atoms with Crippen molar-refractivity contribution in [3.05, 3.63) is 60.4 Å². The zero-order valence-electron chi connectivity index (χ0n) is 15.8. The Labute approximate surface area is 159 Å². The number of para-hydroxylation sites is 3. The van der Waals surface area contributed by atoms with Gasteiger partial charge in [0.25, 0.3) is 0 Å². The second-order valence-corrected chi connectivity index (χ2v) is 7.29. The van der Waals surface area contributed by atoms with Gasteiger partial charge in [0.1, 0.15) is 24.7 Å². The van der Waals surface area contributed by atoms with E-state index in [4.69, 9.17) is 9.72 Å². The number of fused-ring (bicyclic) bond motifs is 1. The van der Waals surface area contributed by atoms with Crippen LogP contribution in [0.2, 0.25) is 0 Å². The number of ether oxygens (including phenoxy) is 1. The molecular weight excluding hydrogens is 338 g/mol. The van der Waals surface area contributed by atoms with E-state index in [-0.39, 0.29) is 18.5 Å². The van der Waals surface area contributed by atoms with Gasteiger partial charge in [-0.2, -0.15) is 0 Å². The fraction of sp³-hybridized carbons (Fsp3) is 0.364. The lowest BCUT2D eigenvalue weighted by molar-refractivity contribution is -0.132. The highest BCUT2D eigenvalue weighted by Crippen LogP contribution is 2.34. The van der Waals surface area contributed by atoms with E-state index in [0.717, 1.165) is 22.6 Å². The Bertz CT molecular complexity index is 931. The monoisotopic (exact) mass is 363 g/mol. The van der Waals surface area contributed by atoms with Crippen molar-refractivity contribution in [1.82, 2.24) is 14.5 Å². The van der Waals surface area contributed by atoms with Gasteiger partial charge in [0, 0.05) is 13.1 Å². The maximum absolute atomic E-state index is 12.9. The molecule has 1 heterocycles. The second kappa shape index (κ2) is 7.43. The van der Waals surface area contributed by atoms with Crippen molar-refractivity contribution in [2.75, 3.05) is 7.05 Å². The van der Waals surface area contributed by atoms with E-state index in [0.29, 0.717) is 12.5 Å². The third-order valence-electron chi connectivity index (χ3n) is 5.45. The van der Waals surface area contributed by atoms with Crippen LogP contribution in [0.3, 0.4) is 0 Å². The van der Waals surface area contributed by atoms with Crippen molar-refractivity contribution in [3.63, 3.8) is 0 Å². The van der Waals surface area contributed by atoms with Crippen molar-refractivity contribution < 1.29 is 9.53 Å². The van der Waals surface area contributed by atoms with E-state index in [1.807, 2.05) is 71.1 Å². The summed E-state index contributed by atoms with van der Waals surface area (Å²) in [6.45, 7) is 2.75. The molecule has 140 valence electrons. The van der Waals surface area contributed by atoms with E-state index in [1.165, 1.54) is 12.8 Å². The van der Waals surface area contributed by atoms with Crippen LogP contribution in [0.4, 0.5) is 0 Å². The summed E-state index contributed by atoms with van der Waals surface area (Å²) in [6, 6.07) is 17.9. The molecule has 1 aliphatic rings. The first kappa shape index (κ1) is 17.6. The summed E-state index contributed by atoms with van der Waals surface area (Å²) in [7, 11) is 1.91. The van der Waals surface area contributed by atoms with Gasteiger partial charge in [-0.1, -0.05) is 30.3 Å². The number of hydrogen-bond acceptors (Lipinski definition) is 3. The minimum atomic E-state index is 0.110. The van der Waals surface area contributed by atoms with E-state index >= 15 is 0 Å². The SMILES string of the molecule is CC(C1CC1)N(C)C(=O)Cn1c(COc2ccccc2)nc2ccccc21. The highest BCUT2D eigenvalue weighted by Gasteiger charge is 2.32. The predicted molar refractivity (Wildman–Crippen MR) is 105 cm³/mol. The molecule has 0 aliphatic heterocycles. The molecule has 5 heteroatoms. The van der Waals surface area contributed by atoms with Gasteiger partial charge in [-0.25, -0.2) is 4.98 Å².